The predicted molar refractivity (Wildman–Crippen MR) is 174 cm³/mol. The molecule has 0 aromatic carbocycles. The van der Waals surface area contributed by atoms with Crippen molar-refractivity contribution in [1.29, 1.82) is 0 Å². The highest BCUT2D eigenvalue weighted by Gasteiger charge is 2.54. The van der Waals surface area contributed by atoms with Crippen molar-refractivity contribution in [1.82, 2.24) is 20.2 Å². The van der Waals surface area contributed by atoms with Crippen LogP contribution in [-0.2, 0) is 28.4 Å². The average Bonchev–Trinajstić information content (AvgIpc) is 3.32. The molecular formula is C31H50N4O18. The number of alkyl carbamates (subject to hydrolysis) is 2. The number of aliphatic hydroxyl groups is 8. The highest BCUT2D eigenvalue weighted by molar-refractivity contribution is 5.68. The Morgan fingerprint density at radius 3 is 1.75 bits per heavy atom. The van der Waals surface area contributed by atoms with Crippen molar-refractivity contribution < 1.29 is 78.9 Å². The number of nitrogens with one attached hydrogen (secondary N) is 3. The van der Waals surface area contributed by atoms with Crippen LogP contribution in [0, 0.1) is 0 Å². The second kappa shape index (κ2) is 16.6. The van der Waals surface area contributed by atoms with E-state index < -0.39 is 140 Å². The van der Waals surface area contributed by atoms with Crippen molar-refractivity contribution >= 4 is 12.2 Å². The molecule has 0 bridgehead atoms. The summed E-state index contributed by atoms with van der Waals surface area (Å²) in [5.41, 5.74) is -3.75. The second-order valence-corrected chi connectivity index (χ2v) is 15.0. The molecule has 0 aliphatic carbocycles. The van der Waals surface area contributed by atoms with Crippen molar-refractivity contribution in [2.75, 3.05) is 6.61 Å². The Kier molecular flexibility index (Phi) is 13.3. The van der Waals surface area contributed by atoms with Crippen LogP contribution in [0.15, 0.2) is 21.9 Å². The summed E-state index contributed by atoms with van der Waals surface area (Å²) in [5, 5.41) is 91.0. The van der Waals surface area contributed by atoms with Crippen molar-refractivity contribution in [3.8, 4) is 0 Å². The molecule has 15 atom stereocenters. The number of nitrogens with zero attached hydrogens (tertiary/aromatic N) is 1. The summed E-state index contributed by atoms with van der Waals surface area (Å²) in [5.74, 6) is 0. The van der Waals surface area contributed by atoms with E-state index in [-0.39, 0.29) is 0 Å². The number of H-pyrrole nitrogens is 1. The molecule has 4 rings (SSSR count). The lowest BCUT2D eigenvalue weighted by atomic mass is 9.91. The van der Waals surface area contributed by atoms with Crippen LogP contribution in [0.3, 0.4) is 0 Å². The van der Waals surface area contributed by atoms with Gasteiger partial charge in [0, 0.05) is 18.7 Å². The van der Waals surface area contributed by atoms with Gasteiger partial charge in [0.05, 0.1) is 18.8 Å². The lowest BCUT2D eigenvalue weighted by Crippen LogP contribution is -2.69. The van der Waals surface area contributed by atoms with Gasteiger partial charge in [-0.1, -0.05) is 0 Å². The molecule has 3 aliphatic heterocycles. The van der Waals surface area contributed by atoms with Crippen molar-refractivity contribution in [2.24, 2.45) is 0 Å². The van der Waals surface area contributed by atoms with E-state index in [2.05, 4.69) is 10.6 Å². The standard InChI is InChI=1S/C31H50N4O18/c1-30(2,3)52-28(46)33-15-19(41)17(39)12(9-11(37)23-21(43)22(44)24(50-23)35-8-7-14(38)32-27(35)45)48-25(15)51-26-16(34-29(47)53-31(4,5)6)20(42)18(40)13(10-36)49-26/h7-8,11-13,15-26,36-37,39-44H,9-10H2,1-6H3,(H,33,46)(H,34,47)(H,32,38,45)/t11-,12-,13+,15-,16?,17?,18-,19?,20?,21+,22-,23-,24-,25+,26-/m1/s1. The van der Waals surface area contributed by atoms with Gasteiger partial charge in [0.2, 0.25) is 0 Å². The largest absolute Gasteiger partial charge is 0.444 e. The third kappa shape index (κ3) is 10.3. The molecule has 3 aliphatic rings. The zero-order chi connectivity index (χ0) is 39.7. The number of aliphatic hydroxyl groups excluding tert-OH is 8. The van der Waals surface area contributed by atoms with Gasteiger partial charge in [-0.25, -0.2) is 14.4 Å². The number of hydrogen-bond acceptors (Lipinski definition) is 18. The minimum absolute atomic E-state index is 0.648. The van der Waals surface area contributed by atoms with Gasteiger partial charge < -0.3 is 79.9 Å². The number of aromatic nitrogens is 2. The molecule has 22 heteroatoms. The van der Waals surface area contributed by atoms with Crippen molar-refractivity contribution in [3.63, 3.8) is 0 Å². The summed E-state index contributed by atoms with van der Waals surface area (Å²) >= 11 is 0. The molecular weight excluding hydrogens is 716 g/mol. The lowest BCUT2D eigenvalue weighted by Gasteiger charge is -2.47. The third-order valence-electron chi connectivity index (χ3n) is 8.47. The molecule has 4 unspecified atom stereocenters. The van der Waals surface area contributed by atoms with Crippen LogP contribution >= 0.6 is 0 Å². The number of ether oxygens (including phenoxy) is 6. The Bertz CT molecular complexity index is 1530. The van der Waals surface area contributed by atoms with E-state index in [1.807, 2.05) is 4.98 Å². The Labute approximate surface area is 302 Å². The summed E-state index contributed by atoms with van der Waals surface area (Å²) in [4.78, 5) is 51.4. The van der Waals surface area contributed by atoms with Gasteiger partial charge in [0.25, 0.3) is 5.56 Å². The average molecular weight is 767 g/mol. The molecule has 0 radical (unpaired) electrons. The molecule has 3 fully saturated rings. The quantitative estimate of drug-likeness (QED) is 0.113. The van der Waals surface area contributed by atoms with E-state index >= 15 is 0 Å². The van der Waals surface area contributed by atoms with Gasteiger partial charge in [0.15, 0.2) is 18.8 Å². The molecule has 53 heavy (non-hydrogen) atoms. The number of carbonyl (C=O) groups is 2. The Hall–Kier alpha value is -3.26. The minimum Gasteiger partial charge on any atom is -0.444 e. The van der Waals surface area contributed by atoms with Crippen LogP contribution in [0.1, 0.15) is 54.2 Å². The summed E-state index contributed by atoms with van der Waals surface area (Å²) in [7, 11) is 0. The smallest absolute Gasteiger partial charge is 0.408 e. The molecule has 0 saturated carbocycles. The first-order valence-corrected chi connectivity index (χ1v) is 16.8. The molecule has 1 aromatic rings. The number of carbonyl (C=O) groups excluding carboxylic acids is 2. The van der Waals surface area contributed by atoms with Gasteiger partial charge in [0.1, 0.15) is 72.1 Å². The van der Waals surface area contributed by atoms with Crippen LogP contribution in [0.25, 0.3) is 0 Å². The van der Waals surface area contributed by atoms with E-state index in [1.165, 1.54) is 0 Å². The summed E-state index contributed by atoms with van der Waals surface area (Å²) < 4.78 is 34.4. The molecule has 0 spiro atoms. The molecule has 2 amide bonds. The fourth-order valence-electron chi connectivity index (χ4n) is 6.00. The van der Waals surface area contributed by atoms with Gasteiger partial charge in [-0.2, -0.15) is 0 Å². The minimum atomic E-state index is -1.95. The second-order valence-electron chi connectivity index (χ2n) is 15.0. The maximum absolute atomic E-state index is 12.8. The summed E-state index contributed by atoms with van der Waals surface area (Å²) in [6, 6.07) is -2.34. The first-order valence-electron chi connectivity index (χ1n) is 16.8. The number of amides is 2. The Morgan fingerprint density at radius 1 is 0.792 bits per heavy atom. The topological polar surface area (TPSA) is 330 Å². The maximum Gasteiger partial charge on any atom is 0.408 e. The summed E-state index contributed by atoms with van der Waals surface area (Å²) in [6.07, 6.45) is -24.5. The van der Waals surface area contributed by atoms with Crippen LogP contribution < -0.4 is 21.9 Å². The Morgan fingerprint density at radius 2 is 1.28 bits per heavy atom. The lowest BCUT2D eigenvalue weighted by molar-refractivity contribution is -0.346. The zero-order valence-corrected chi connectivity index (χ0v) is 29.8. The van der Waals surface area contributed by atoms with Crippen LogP contribution in [-0.4, -0.2) is 166 Å². The van der Waals surface area contributed by atoms with Gasteiger partial charge >= 0.3 is 17.9 Å². The van der Waals surface area contributed by atoms with Crippen molar-refractivity contribution in [3.05, 3.63) is 33.1 Å². The van der Waals surface area contributed by atoms with E-state index in [9.17, 15) is 60.0 Å². The molecule has 11 N–H and O–H groups in total. The third-order valence-corrected chi connectivity index (χ3v) is 8.47. The first-order chi connectivity index (χ1) is 24.5. The van der Waals surface area contributed by atoms with Crippen LogP contribution in [0.5, 0.6) is 0 Å². The van der Waals surface area contributed by atoms with E-state index in [0.29, 0.717) is 0 Å². The van der Waals surface area contributed by atoms with Gasteiger partial charge in [-0.05, 0) is 41.5 Å². The monoisotopic (exact) mass is 766 g/mol. The molecule has 22 nitrogen and oxygen atoms in total. The van der Waals surface area contributed by atoms with Crippen molar-refractivity contribution in [2.45, 2.75) is 151 Å². The van der Waals surface area contributed by atoms with Gasteiger partial charge in [-0.3, -0.25) is 14.3 Å². The molecule has 4 heterocycles. The molecule has 3 saturated heterocycles. The highest BCUT2D eigenvalue weighted by atomic mass is 16.8. The molecule has 1 aromatic heterocycles. The molecule has 302 valence electrons. The normalized spacial score (nSPS) is 37.1. The predicted octanol–water partition coefficient (Wildman–Crippen LogP) is -4.40. The van der Waals surface area contributed by atoms with E-state index in [4.69, 9.17) is 28.4 Å². The van der Waals surface area contributed by atoms with Crippen LogP contribution in [0.2, 0.25) is 0 Å². The summed E-state index contributed by atoms with van der Waals surface area (Å²) in [6.45, 7) is 8.53. The fourth-order valence-corrected chi connectivity index (χ4v) is 6.00. The van der Waals surface area contributed by atoms with Gasteiger partial charge in [-0.15, -0.1) is 0 Å². The number of hydrogen-bond donors (Lipinski definition) is 11. The maximum atomic E-state index is 12.8. The SMILES string of the molecule is CC(C)(C)OC(=O)NC1C(O)[C@H](O)[C@H](CO)O[C@@H]1O[C@@H]1O[C@H](C[C@@H](O)[C@H]2O[C@@H](n3ccc(=O)[nH]c3=O)[C@H](O)[C@@H]2O)C(O)C(O)[C@H]1NC(=O)OC(C)(C)C. The van der Waals surface area contributed by atoms with E-state index in [0.717, 1.165) is 16.8 Å². The highest BCUT2D eigenvalue weighted by Crippen LogP contribution is 2.34. The van der Waals surface area contributed by atoms with Crippen LogP contribution in [0.4, 0.5) is 9.59 Å². The zero-order valence-electron chi connectivity index (χ0n) is 29.8. The fraction of sp³-hybridized carbons (Fsp3) is 0.806. The van der Waals surface area contributed by atoms with E-state index in [1.54, 1.807) is 41.5 Å². The number of aromatic amines is 1. The number of rotatable bonds is 9. The Balaban J connectivity index is 1.61. The first kappa shape index (κ1) is 42.5.